The van der Waals surface area contributed by atoms with Gasteiger partial charge < -0.3 is 9.15 Å². The van der Waals surface area contributed by atoms with Crippen molar-refractivity contribution in [1.29, 1.82) is 0 Å². The smallest absolute Gasteiger partial charge is 0.213 e. The second-order valence-corrected chi connectivity index (χ2v) is 6.30. The lowest BCUT2D eigenvalue weighted by Crippen LogP contribution is -2.31. The van der Waals surface area contributed by atoms with Crippen LogP contribution in [0.4, 0.5) is 0 Å². The van der Waals surface area contributed by atoms with Crippen LogP contribution in [0.15, 0.2) is 22.8 Å². The molecule has 1 aromatic rings. The lowest BCUT2D eigenvalue weighted by atomic mass is 10.4. The lowest BCUT2D eigenvalue weighted by molar-refractivity contribution is 0.105. The molecule has 1 N–H and O–H groups in total. The van der Waals surface area contributed by atoms with Crippen molar-refractivity contribution in [3.8, 4) is 0 Å². The summed E-state index contributed by atoms with van der Waals surface area (Å²) in [6.07, 6.45) is 2.24. The van der Waals surface area contributed by atoms with Gasteiger partial charge in [0.05, 0.1) is 11.5 Å². The summed E-state index contributed by atoms with van der Waals surface area (Å²) >= 11 is 0. The van der Waals surface area contributed by atoms with E-state index < -0.39 is 15.3 Å². The molecular formula is C11H19NO4S. The molecule has 6 heteroatoms. The van der Waals surface area contributed by atoms with E-state index in [1.165, 1.54) is 0 Å². The van der Waals surface area contributed by atoms with Gasteiger partial charge in [-0.1, -0.05) is 0 Å². The van der Waals surface area contributed by atoms with Gasteiger partial charge in [0.1, 0.15) is 12.4 Å². The first-order valence-corrected chi connectivity index (χ1v) is 7.15. The van der Waals surface area contributed by atoms with E-state index in [0.29, 0.717) is 26.2 Å². The first kappa shape index (κ1) is 14.2. The zero-order chi connectivity index (χ0) is 12.7. The summed E-state index contributed by atoms with van der Waals surface area (Å²) in [5, 5.41) is -0.397. The van der Waals surface area contributed by atoms with Crippen LogP contribution in [-0.2, 0) is 21.4 Å². The van der Waals surface area contributed by atoms with Crippen LogP contribution in [0.25, 0.3) is 0 Å². The van der Waals surface area contributed by atoms with Crippen molar-refractivity contribution in [1.82, 2.24) is 4.72 Å². The predicted molar refractivity (Wildman–Crippen MR) is 65.0 cm³/mol. The standard InChI is InChI=1S/C11H19NO4S/c1-10(2)17(13,14)12-6-4-7-15-9-11-5-3-8-16-11/h3,5,8,10,12H,4,6-7,9H2,1-2H3. The van der Waals surface area contributed by atoms with Crippen molar-refractivity contribution >= 4 is 10.0 Å². The fourth-order valence-corrected chi connectivity index (χ4v) is 1.88. The number of hydrogen-bond acceptors (Lipinski definition) is 4. The Morgan fingerprint density at radius 2 is 2.24 bits per heavy atom. The monoisotopic (exact) mass is 261 g/mol. The third kappa shape index (κ3) is 5.34. The molecule has 0 saturated heterocycles. The zero-order valence-corrected chi connectivity index (χ0v) is 11.0. The van der Waals surface area contributed by atoms with Crippen molar-refractivity contribution in [2.75, 3.05) is 13.2 Å². The summed E-state index contributed by atoms with van der Waals surface area (Å²) in [5.41, 5.74) is 0. The molecule has 0 aliphatic carbocycles. The molecule has 0 bridgehead atoms. The topological polar surface area (TPSA) is 68.5 Å². The number of furan rings is 1. The molecule has 98 valence electrons. The molecule has 0 aliphatic rings. The van der Waals surface area contributed by atoms with Gasteiger partial charge in [0, 0.05) is 13.2 Å². The number of sulfonamides is 1. The molecule has 0 aromatic carbocycles. The summed E-state index contributed by atoms with van der Waals surface area (Å²) in [7, 11) is -3.15. The summed E-state index contributed by atoms with van der Waals surface area (Å²) in [6.45, 7) is 4.62. The Balaban J connectivity index is 2.05. The summed E-state index contributed by atoms with van der Waals surface area (Å²) < 4.78 is 35.7. The van der Waals surface area contributed by atoms with Crippen LogP contribution < -0.4 is 4.72 Å². The molecule has 17 heavy (non-hydrogen) atoms. The average Bonchev–Trinajstić information content (AvgIpc) is 2.75. The van der Waals surface area contributed by atoms with Crippen LogP contribution in [0.1, 0.15) is 26.0 Å². The van der Waals surface area contributed by atoms with Gasteiger partial charge in [0.25, 0.3) is 0 Å². The fraction of sp³-hybridized carbons (Fsp3) is 0.636. The van der Waals surface area contributed by atoms with Crippen LogP contribution in [0.2, 0.25) is 0 Å². The number of hydrogen-bond donors (Lipinski definition) is 1. The Hall–Kier alpha value is -0.850. The molecule has 1 aromatic heterocycles. The first-order valence-electron chi connectivity index (χ1n) is 5.61. The highest BCUT2D eigenvalue weighted by molar-refractivity contribution is 7.90. The normalized spacial score (nSPS) is 12.2. The van der Waals surface area contributed by atoms with Crippen LogP contribution in [-0.4, -0.2) is 26.8 Å². The van der Waals surface area contributed by atoms with Gasteiger partial charge in [-0.2, -0.15) is 0 Å². The molecule has 5 nitrogen and oxygen atoms in total. The van der Waals surface area contributed by atoms with E-state index in [4.69, 9.17) is 9.15 Å². The maximum absolute atomic E-state index is 11.4. The highest BCUT2D eigenvalue weighted by Crippen LogP contribution is 2.02. The number of ether oxygens (including phenoxy) is 1. The molecule has 0 aliphatic heterocycles. The molecule has 1 heterocycles. The van der Waals surface area contributed by atoms with Gasteiger partial charge in [0.15, 0.2) is 0 Å². The Labute approximate surface area is 102 Å². The van der Waals surface area contributed by atoms with E-state index in [1.807, 2.05) is 6.07 Å². The van der Waals surface area contributed by atoms with Gasteiger partial charge in [-0.3, -0.25) is 0 Å². The SMILES string of the molecule is CC(C)S(=O)(=O)NCCCOCc1ccco1. The zero-order valence-electron chi connectivity index (χ0n) is 10.2. The van der Waals surface area contributed by atoms with Crippen LogP contribution in [0, 0.1) is 0 Å². The molecule has 0 spiro atoms. The first-order chi connectivity index (χ1) is 8.02. The lowest BCUT2D eigenvalue weighted by Gasteiger charge is -2.09. The molecule has 0 saturated carbocycles. The van der Waals surface area contributed by atoms with E-state index in [1.54, 1.807) is 26.2 Å². The number of rotatable bonds is 8. The summed E-state index contributed by atoms with van der Waals surface area (Å²) in [6, 6.07) is 3.64. The maximum Gasteiger partial charge on any atom is 0.213 e. The van der Waals surface area contributed by atoms with E-state index in [0.717, 1.165) is 5.76 Å². The van der Waals surface area contributed by atoms with Gasteiger partial charge in [-0.15, -0.1) is 0 Å². The third-order valence-corrected chi connectivity index (χ3v) is 4.06. The van der Waals surface area contributed by atoms with Gasteiger partial charge >= 0.3 is 0 Å². The quantitative estimate of drug-likeness (QED) is 0.720. The molecule has 1 rings (SSSR count). The van der Waals surface area contributed by atoms with E-state index in [9.17, 15) is 8.42 Å². The minimum absolute atomic E-state index is 0.397. The number of nitrogens with one attached hydrogen (secondary N) is 1. The molecule has 0 amide bonds. The minimum atomic E-state index is -3.15. The Kier molecular flexibility index (Phi) is 5.67. The third-order valence-electron chi connectivity index (χ3n) is 2.21. The van der Waals surface area contributed by atoms with Crippen LogP contribution >= 0.6 is 0 Å². The van der Waals surface area contributed by atoms with Crippen LogP contribution in [0.5, 0.6) is 0 Å². The van der Waals surface area contributed by atoms with Crippen molar-refractivity contribution < 1.29 is 17.6 Å². The molecule has 0 radical (unpaired) electrons. The summed E-state index contributed by atoms with van der Waals surface area (Å²) in [4.78, 5) is 0. The highest BCUT2D eigenvalue weighted by atomic mass is 32.2. The highest BCUT2D eigenvalue weighted by Gasteiger charge is 2.13. The average molecular weight is 261 g/mol. The van der Waals surface area contributed by atoms with Gasteiger partial charge in [-0.05, 0) is 32.4 Å². The van der Waals surface area contributed by atoms with Crippen molar-refractivity contribution in [3.63, 3.8) is 0 Å². The molecule has 0 unspecified atom stereocenters. The van der Waals surface area contributed by atoms with Crippen molar-refractivity contribution in [3.05, 3.63) is 24.2 Å². The largest absolute Gasteiger partial charge is 0.467 e. The predicted octanol–water partition coefficient (Wildman–Crippen LogP) is 1.51. The Morgan fingerprint density at radius 1 is 1.47 bits per heavy atom. The maximum atomic E-state index is 11.4. The molecule has 0 fully saturated rings. The fourth-order valence-electron chi connectivity index (χ4n) is 1.12. The van der Waals surface area contributed by atoms with Gasteiger partial charge in [-0.25, -0.2) is 13.1 Å². The second kappa shape index (κ2) is 6.78. The second-order valence-electron chi connectivity index (χ2n) is 3.97. The minimum Gasteiger partial charge on any atom is -0.467 e. The van der Waals surface area contributed by atoms with E-state index in [-0.39, 0.29) is 0 Å². The van der Waals surface area contributed by atoms with E-state index in [2.05, 4.69) is 4.72 Å². The van der Waals surface area contributed by atoms with Crippen molar-refractivity contribution in [2.45, 2.75) is 32.1 Å². The molecule has 0 atom stereocenters. The van der Waals surface area contributed by atoms with Crippen molar-refractivity contribution in [2.24, 2.45) is 0 Å². The Bertz CT molecular complexity index is 397. The Morgan fingerprint density at radius 3 is 2.82 bits per heavy atom. The van der Waals surface area contributed by atoms with Gasteiger partial charge in [0.2, 0.25) is 10.0 Å². The molecular weight excluding hydrogens is 242 g/mol. The van der Waals surface area contributed by atoms with E-state index >= 15 is 0 Å². The van der Waals surface area contributed by atoms with Crippen LogP contribution in [0.3, 0.4) is 0 Å². The summed E-state index contributed by atoms with van der Waals surface area (Å²) in [5.74, 6) is 0.771.